The Hall–Kier alpha value is -3.94. The Kier molecular flexibility index (Phi) is 4.59. The molecule has 1 fully saturated rings. The minimum atomic E-state index is -2.50. The number of hydrogen-bond acceptors (Lipinski definition) is 5. The maximum absolute atomic E-state index is 13.3. The van der Waals surface area contributed by atoms with Crippen LogP contribution in [-0.4, -0.2) is 38.3 Å². The summed E-state index contributed by atoms with van der Waals surface area (Å²) in [7, 11) is 0. The van der Waals surface area contributed by atoms with Crippen LogP contribution in [0.15, 0.2) is 66.0 Å². The molecule has 0 spiro atoms. The van der Waals surface area contributed by atoms with Crippen LogP contribution in [-0.2, 0) is 4.79 Å². The van der Waals surface area contributed by atoms with Crippen LogP contribution in [0.3, 0.4) is 0 Å². The summed E-state index contributed by atoms with van der Waals surface area (Å²) in [6.07, 6.45) is 6.66. The fourth-order valence-electron chi connectivity index (χ4n) is 3.55. The van der Waals surface area contributed by atoms with Gasteiger partial charge in [0.1, 0.15) is 5.75 Å². The lowest BCUT2D eigenvalue weighted by atomic mass is 10.1. The molecule has 1 aliphatic carbocycles. The van der Waals surface area contributed by atoms with Crippen LogP contribution in [0.4, 0.5) is 0 Å². The van der Waals surface area contributed by atoms with Crippen LogP contribution < -0.4 is 15.6 Å². The number of benzene rings is 2. The molecule has 162 valence electrons. The van der Waals surface area contributed by atoms with Gasteiger partial charge in [0.05, 0.1) is 32.2 Å². The molecule has 2 aromatic heterocycles. The number of nitrogens with zero attached hydrogens (tertiary/aromatic N) is 3. The lowest BCUT2D eigenvalue weighted by molar-refractivity contribution is -0.123. The molecule has 1 atom stereocenters. The topological polar surface area (TPSA) is 102 Å². The third kappa shape index (κ3) is 4.12. The van der Waals surface area contributed by atoms with E-state index in [1.165, 1.54) is 10.9 Å². The summed E-state index contributed by atoms with van der Waals surface area (Å²) >= 11 is 0. The van der Waals surface area contributed by atoms with E-state index in [-0.39, 0.29) is 17.4 Å². The van der Waals surface area contributed by atoms with E-state index in [0.717, 1.165) is 24.0 Å². The average Bonchev–Trinajstić information content (AvgIpc) is 3.47. The van der Waals surface area contributed by atoms with Gasteiger partial charge in [0.15, 0.2) is 6.56 Å². The van der Waals surface area contributed by atoms with Crippen molar-refractivity contribution in [3.05, 3.63) is 77.1 Å². The van der Waals surface area contributed by atoms with Gasteiger partial charge >= 0.3 is 0 Å². The van der Waals surface area contributed by atoms with Crippen LogP contribution in [0.25, 0.3) is 22.0 Å². The SMILES string of the molecule is [2H]C([2H])(Oc1cccc([C@@H](C)n2cnc3ccc(-c4cn[nH]c4)cc3c2=O)c1)C(=O)NC1CC1. The summed E-state index contributed by atoms with van der Waals surface area (Å²) in [6.45, 7) is -0.655. The Labute approximate surface area is 187 Å². The largest absolute Gasteiger partial charge is 0.484 e. The number of carbonyl (C=O) groups is 1. The number of aromatic amines is 1. The summed E-state index contributed by atoms with van der Waals surface area (Å²) in [5, 5.41) is 9.83. The van der Waals surface area contributed by atoms with Crippen molar-refractivity contribution in [2.24, 2.45) is 0 Å². The third-order valence-corrected chi connectivity index (χ3v) is 5.55. The van der Waals surface area contributed by atoms with E-state index in [1.54, 1.807) is 42.7 Å². The standard InChI is InChI=1S/C24H23N5O3/c1-15(16-3-2-4-20(9-16)32-13-23(30)28-19-6-7-19)29-14-25-22-8-5-17(10-21(22)24(29)31)18-11-26-27-12-18/h2-5,8-12,14-15,19H,6-7,13H2,1H3,(H,26,27)(H,28,30)/t15-/m1/s1/i13D2. The van der Waals surface area contributed by atoms with Gasteiger partial charge in [0.2, 0.25) is 0 Å². The maximum Gasteiger partial charge on any atom is 0.261 e. The number of fused-ring (bicyclic) bond motifs is 1. The summed E-state index contributed by atoms with van der Waals surface area (Å²) in [4.78, 5) is 29.9. The quantitative estimate of drug-likeness (QED) is 0.468. The van der Waals surface area contributed by atoms with E-state index in [9.17, 15) is 9.59 Å². The molecule has 2 N–H and O–H groups in total. The third-order valence-electron chi connectivity index (χ3n) is 5.55. The molecule has 2 heterocycles. The van der Waals surface area contributed by atoms with Gasteiger partial charge in [-0.05, 0) is 55.2 Å². The number of nitrogens with one attached hydrogen (secondary N) is 2. The van der Waals surface area contributed by atoms with Gasteiger partial charge in [-0.2, -0.15) is 5.10 Å². The van der Waals surface area contributed by atoms with E-state index >= 15 is 0 Å². The van der Waals surface area contributed by atoms with Crippen molar-refractivity contribution in [1.82, 2.24) is 25.1 Å². The van der Waals surface area contributed by atoms with Gasteiger partial charge < -0.3 is 10.1 Å². The van der Waals surface area contributed by atoms with Crippen molar-refractivity contribution in [1.29, 1.82) is 0 Å². The van der Waals surface area contributed by atoms with Gasteiger partial charge in [0, 0.05) is 17.8 Å². The molecule has 8 heteroatoms. The molecule has 1 aliphatic rings. The second kappa shape index (κ2) is 8.30. The predicted molar refractivity (Wildman–Crippen MR) is 120 cm³/mol. The first-order valence-electron chi connectivity index (χ1n) is 11.4. The first kappa shape index (κ1) is 17.7. The zero-order valence-electron chi connectivity index (χ0n) is 19.4. The number of hydrogen-bond donors (Lipinski definition) is 2. The molecule has 4 aromatic rings. The van der Waals surface area contributed by atoms with E-state index in [0.29, 0.717) is 16.5 Å². The molecular weight excluding hydrogens is 406 g/mol. The van der Waals surface area contributed by atoms with Crippen LogP contribution in [0.2, 0.25) is 0 Å². The predicted octanol–water partition coefficient (Wildman–Crippen LogP) is 3.05. The zero-order valence-corrected chi connectivity index (χ0v) is 17.4. The second-order valence-corrected chi connectivity index (χ2v) is 7.88. The zero-order chi connectivity index (χ0) is 23.9. The Morgan fingerprint density at radius 3 is 2.97 bits per heavy atom. The maximum atomic E-state index is 13.3. The summed E-state index contributed by atoms with van der Waals surface area (Å²) < 4.78 is 22.9. The smallest absolute Gasteiger partial charge is 0.261 e. The highest BCUT2D eigenvalue weighted by atomic mass is 16.5. The van der Waals surface area contributed by atoms with Crippen LogP contribution in [0.5, 0.6) is 5.75 Å². The molecule has 0 aliphatic heterocycles. The minimum Gasteiger partial charge on any atom is -0.484 e. The highest BCUT2D eigenvalue weighted by Gasteiger charge is 2.23. The Bertz CT molecular complexity index is 1410. The van der Waals surface area contributed by atoms with Gasteiger partial charge in [0.25, 0.3) is 11.5 Å². The fourth-order valence-corrected chi connectivity index (χ4v) is 3.55. The van der Waals surface area contributed by atoms with Gasteiger partial charge in [-0.15, -0.1) is 0 Å². The molecule has 5 rings (SSSR count). The van der Waals surface area contributed by atoms with E-state index in [1.807, 2.05) is 19.1 Å². The van der Waals surface area contributed by atoms with E-state index in [2.05, 4.69) is 20.5 Å². The highest BCUT2D eigenvalue weighted by Crippen LogP contribution is 2.24. The van der Waals surface area contributed by atoms with Crippen molar-refractivity contribution >= 4 is 16.8 Å². The van der Waals surface area contributed by atoms with Gasteiger partial charge in [-0.1, -0.05) is 18.2 Å². The molecule has 1 amide bonds. The van der Waals surface area contributed by atoms with Crippen LogP contribution in [0, 0.1) is 0 Å². The first-order chi connectivity index (χ1) is 16.3. The van der Waals surface area contributed by atoms with E-state index in [4.69, 9.17) is 7.48 Å². The lowest BCUT2D eigenvalue weighted by Crippen LogP contribution is -2.30. The molecule has 0 saturated heterocycles. The molecule has 0 bridgehead atoms. The normalized spacial score (nSPS) is 15.7. The van der Waals surface area contributed by atoms with Crippen molar-refractivity contribution in [3.8, 4) is 16.9 Å². The Morgan fingerprint density at radius 1 is 1.31 bits per heavy atom. The average molecular weight is 431 g/mol. The Morgan fingerprint density at radius 2 is 2.19 bits per heavy atom. The molecule has 0 unspecified atom stereocenters. The first-order valence-corrected chi connectivity index (χ1v) is 10.4. The van der Waals surface area contributed by atoms with E-state index < -0.39 is 18.5 Å². The number of carbonyl (C=O) groups excluding carboxylic acids is 1. The van der Waals surface area contributed by atoms with Gasteiger partial charge in [-0.25, -0.2) is 4.98 Å². The molecule has 32 heavy (non-hydrogen) atoms. The number of amides is 1. The van der Waals surface area contributed by atoms with Crippen LogP contribution in [0.1, 0.15) is 34.1 Å². The molecule has 0 radical (unpaired) electrons. The summed E-state index contributed by atoms with van der Waals surface area (Å²) in [5.74, 6) is -0.596. The minimum absolute atomic E-state index is 0.0267. The highest BCUT2D eigenvalue weighted by molar-refractivity contribution is 5.83. The van der Waals surface area contributed by atoms with Crippen molar-refractivity contribution in [2.45, 2.75) is 31.8 Å². The molecule has 8 nitrogen and oxygen atoms in total. The monoisotopic (exact) mass is 431 g/mol. The lowest BCUT2D eigenvalue weighted by Gasteiger charge is -2.17. The number of aromatic nitrogens is 4. The summed E-state index contributed by atoms with van der Waals surface area (Å²) in [5.41, 5.74) is 2.83. The molecule has 1 saturated carbocycles. The molecular formula is C24H23N5O3. The number of rotatable bonds is 7. The number of H-pyrrole nitrogens is 1. The van der Waals surface area contributed by atoms with Gasteiger partial charge in [-0.3, -0.25) is 19.3 Å². The van der Waals surface area contributed by atoms with Crippen molar-refractivity contribution in [2.75, 3.05) is 6.56 Å². The van der Waals surface area contributed by atoms with Crippen LogP contribution >= 0.6 is 0 Å². The Balaban J connectivity index is 1.43. The molecule has 2 aromatic carbocycles. The fraction of sp³-hybridized carbons (Fsp3) is 0.250. The second-order valence-electron chi connectivity index (χ2n) is 7.88. The van der Waals surface area contributed by atoms with Crippen molar-refractivity contribution in [3.63, 3.8) is 0 Å². The van der Waals surface area contributed by atoms with Crippen molar-refractivity contribution < 1.29 is 12.3 Å². The summed E-state index contributed by atoms with van der Waals surface area (Å²) in [6, 6.07) is 11.8. The number of ether oxygens (including phenoxy) is 1.